The molecule has 7 heteroatoms. The van der Waals surface area contributed by atoms with Gasteiger partial charge in [0.1, 0.15) is 18.5 Å². The summed E-state index contributed by atoms with van der Waals surface area (Å²) in [5, 5.41) is 9.40. The zero-order valence-corrected chi connectivity index (χ0v) is 21.4. The van der Waals surface area contributed by atoms with E-state index in [-0.39, 0.29) is 36.7 Å². The van der Waals surface area contributed by atoms with Crippen LogP contribution in [0.2, 0.25) is 0 Å². The number of rotatable bonds is 9. The average molecular weight is 506 g/mol. The van der Waals surface area contributed by atoms with Gasteiger partial charge in [-0.2, -0.15) is 0 Å². The van der Waals surface area contributed by atoms with Gasteiger partial charge in [-0.25, -0.2) is 4.39 Å². The predicted molar refractivity (Wildman–Crippen MR) is 138 cm³/mol. The van der Waals surface area contributed by atoms with Crippen LogP contribution in [-0.4, -0.2) is 42.1 Å². The molecule has 1 amide bonds. The number of fused-ring (bicyclic) bond motifs is 1. The minimum absolute atomic E-state index is 0.0560. The summed E-state index contributed by atoms with van der Waals surface area (Å²) >= 11 is 0. The van der Waals surface area contributed by atoms with Gasteiger partial charge in [0.15, 0.2) is 11.5 Å². The van der Waals surface area contributed by atoms with E-state index in [0.29, 0.717) is 30.9 Å². The number of hydrogen-bond acceptors (Lipinski definition) is 4. The van der Waals surface area contributed by atoms with E-state index in [2.05, 4.69) is 6.92 Å². The van der Waals surface area contributed by atoms with Crippen molar-refractivity contribution in [2.45, 2.75) is 39.2 Å². The smallest absolute Gasteiger partial charge is 0.323 e. The van der Waals surface area contributed by atoms with Crippen molar-refractivity contribution in [1.82, 2.24) is 4.90 Å². The molecule has 0 spiro atoms. The maximum atomic E-state index is 13.4. The number of halogens is 1. The molecule has 6 nitrogen and oxygen atoms in total. The number of benzene rings is 3. The van der Waals surface area contributed by atoms with Crippen LogP contribution < -0.4 is 9.47 Å². The average Bonchev–Trinajstić information content (AvgIpc) is 2.86. The third-order valence-electron chi connectivity index (χ3n) is 6.86. The Balaban J connectivity index is 1.52. The van der Waals surface area contributed by atoms with Crippen LogP contribution in [0.25, 0.3) is 0 Å². The largest absolute Gasteiger partial charge is 0.493 e. The van der Waals surface area contributed by atoms with E-state index in [9.17, 15) is 19.1 Å². The molecule has 1 heterocycles. The second-order valence-electron chi connectivity index (χ2n) is 9.62. The van der Waals surface area contributed by atoms with Gasteiger partial charge in [-0.1, -0.05) is 49.4 Å². The van der Waals surface area contributed by atoms with E-state index in [1.54, 1.807) is 25.3 Å². The summed E-state index contributed by atoms with van der Waals surface area (Å²) in [6.07, 6.45) is 1.08. The summed E-state index contributed by atoms with van der Waals surface area (Å²) in [5.74, 6) is -0.346. The van der Waals surface area contributed by atoms with Crippen LogP contribution in [0, 0.1) is 18.7 Å². The Morgan fingerprint density at radius 2 is 1.86 bits per heavy atom. The minimum atomic E-state index is -1.05. The fourth-order valence-electron chi connectivity index (χ4n) is 4.90. The molecule has 1 aliphatic rings. The Morgan fingerprint density at radius 1 is 1.14 bits per heavy atom. The lowest BCUT2D eigenvalue weighted by Crippen LogP contribution is -2.38. The first kappa shape index (κ1) is 26.2. The van der Waals surface area contributed by atoms with Crippen LogP contribution in [0.4, 0.5) is 4.39 Å². The van der Waals surface area contributed by atoms with Crippen molar-refractivity contribution in [1.29, 1.82) is 0 Å². The van der Waals surface area contributed by atoms with E-state index in [0.717, 1.165) is 27.8 Å². The van der Waals surface area contributed by atoms with Crippen LogP contribution in [-0.2, 0) is 28.9 Å². The highest BCUT2D eigenvalue weighted by Crippen LogP contribution is 2.44. The third-order valence-corrected chi connectivity index (χ3v) is 6.86. The van der Waals surface area contributed by atoms with Crippen molar-refractivity contribution >= 4 is 11.9 Å². The molecular formula is C30H32FNO5. The SMILES string of the molecule is COc1cc(CC(=O)N(CCc2ccccc2C)CC(=O)O)cc2c1O[C@@H](c1ccc(F)cc1)[C@H](C)C2. The van der Waals surface area contributed by atoms with Gasteiger partial charge in [-0.3, -0.25) is 9.59 Å². The van der Waals surface area contributed by atoms with Crippen LogP contribution in [0.1, 0.15) is 40.8 Å². The summed E-state index contributed by atoms with van der Waals surface area (Å²) in [5.41, 5.74) is 4.75. The van der Waals surface area contributed by atoms with Crippen LogP contribution in [0.15, 0.2) is 60.7 Å². The first-order chi connectivity index (χ1) is 17.7. The molecule has 3 aromatic carbocycles. The Hall–Kier alpha value is -3.87. The van der Waals surface area contributed by atoms with Crippen molar-refractivity contribution in [3.63, 3.8) is 0 Å². The van der Waals surface area contributed by atoms with Gasteiger partial charge >= 0.3 is 5.97 Å². The predicted octanol–water partition coefficient (Wildman–Crippen LogP) is 5.15. The van der Waals surface area contributed by atoms with Crippen LogP contribution in [0.3, 0.4) is 0 Å². The highest BCUT2D eigenvalue weighted by Gasteiger charge is 2.31. The van der Waals surface area contributed by atoms with Gasteiger partial charge in [0.2, 0.25) is 5.91 Å². The Kier molecular flexibility index (Phi) is 8.11. The summed E-state index contributed by atoms with van der Waals surface area (Å²) < 4.78 is 25.4. The van der Waals surface area contributed by atoms with Crippen molar-refractivity contribution in [3.8, 4) is 11.5 Å². The van der Waals surface area contributed by atoms with Gasteiger partial charge in [-0.05, 0) is 65.8 Å². The Labute approximate surface area is 216 Å². The Bertz CT molecular complexity index is 1270. The van der Waals surface area contributed by atoms with Crippen molar-refractivity contribution in [2.75, 3.05) is 20.2 Å². The quantitative estimate of drug-likeness (QED) is 0.435. The van der Waals surface area contributed by atoms with Gasteiger partial charge < -0.3 is 19.5 Å². The Morgan fingerprint density at radius 3 is 2.54 bits per heavy atom. The van der Waals surface area contributed by atoms with Crippen LogP contribution >= 0.6 is 0 Å². The van der Waals surface area contributed by atoms with E-state index < -0.39 is 5.97 Å². The monoisotopic (exact) mass is 505 g/mol. The van der Waals surface area contributed by atoms with E-state index in [4.69, 9.17) is 9.47 Å². The fourth-order valence-corrected chi connectivity index (χ4v) is 4.90. The summed E-state index contributed by atoms with van der Waals surface area (Å²) in [6, 6.07) is 17.9. The molecule has 2 atom stereocenters. The van der Waals surface area contributed by atoms with E-state index in [1.807, 2.05) is 37.3 Å². The zero-order valence-electron chi connectivity index (χ0n) is 21.4. The number of carboxylic acids is 1. The lowest BCUT2D eigenvalue weighted by molar-refractivity contribution is -0.144. The molecule has 0 unspecified atom stereocenters. The van der Waals surface area contributed by atoms with Gasteiger partial charge in [0, 0.05) is 12.5 Å². The number of methoxy groups -OCH3 is 1. The van der Waals surface area contributed by atoms with Gasteiger partial charge in [0.25, 0.3) is 0 Å². The number of aliphatic carboxylic acids is 1. The number of ether oxygens (including phenoxy) is 2. The molecule has 1 N–H and O–H groups in total. The number of amides is 1. The number of aryl methyl sites for hydroxylation is 1. The summed E-state index contributed by atoms with van der Waals surface area (Å²) in [4.78, 5) is 26.1. The maximum Gasteiger partial charge on any atom is 0.323 e. The van der Waals surface area contributed by atoms with Crippen molar-refractivity contribution in [3.05, 3.63) is 94.3 Å². The highest BCUT2D eigenvalue weighted by atomic mass is 19.1. The molecule has 3 aromatic rings. The van der Waals surface area contributed by atoms with E-state index in [1.165, 1.54) is 17.0 Å². The molecule has 0 bridgehead atoms. The number of nitrogens with zero attached hydrogens (tertiary/aromatic N) is 1. The number of carbonyl (C=O) groups is 2. The molecule has 0 radical (unpaired) electrons. The van der Waals surface area contributed by atoms with Gasteiger partial charge in [0.05, 0.1) is 13.5 Å². The lowest BCUT2D eigenvalue weighted by atomic mass is 9.87. The second kappa shape index (κ2) is 11.5. The molecule has 4 rings (SSSR count). The summed E-state index contributed by atoms with van der Waals surface area (Å²) in [7, 11) is 1.55. The first-order valence-corrected chi connectivity index (χ1v) is 12.4. The molecular weight excluding hydrogens is 473 g/mol. The molecule has 0 aliphatic carbocycles. The maximum absolute atomic E-state index is 13.4. The topological polar surface area (TPSA) is 76.1 Å². The molecule has 0 saturated heterocycles. The molecule has 194 valence electrons. The van der Waals surface area contributed by atoms with Crippen molar-refractivity contribution in [2.24, 2.45) is 5.92 Å². The normalized spacial score (nSPS) is 16.4. The lowest BCUT2D eigenvalue weighted by Gasteiger charge is -2.33. The first-order valence-electron chi connectivity index (χ1n) is 12.4. The molecule has 0 saturated carbocycles. The number of carbonyl (C=O) groups excluding carboxylic acids is 1. The molecule has 1 aliphatic heterocycles. The molecule has 37 heavy (non-hydrogen) atoms. The van der Waals surface area contributed by atoms with Crippen LogP contribution in [0.5, 0.6) is 11.5 Å². The zero-order chi connectivity index (χ0) is 26.5. The molecule has 0 aromatic heterocycles. The number of hydrogen-bond donors (Lipinski definition) is 1. The minimum Gasteiger partial charge on any atom is -0.493 e. The standard InChI is InChI=1S/C30H32FNO5/c1-19-6-4-5-7-22(19)12-13-32(18-28(34)35)27(33)17-21-15-24-14-20(2)29(23-8-10-25(31)11-9-23)37-30(24)26(16-21)36-3/h4-11,15-16,20,29H,12-14,17-18H2,1-3H3,(H,34,35)/t20-,29-/m1/s1. The highest BCUT2D eigenvalue weighted by molar-refractivity contribution is 5.83. The van der Waals surface area contributed by atoms with E-state index >= 15 is 0 Å². The second-order valence-corrected chi connectivity index (χ2v) is 9.62. The van der Waals surface area contributed by atoms with Crippen molar-refractivity contribution < 1.29 is 28.6 Å². The van der Waals surface area contributed by atoms with Gasteiger partial charge in [-0.15, -0.1) is 0 Å². The summed E-state index contributed by atoms with van der Waals surface area (Å²) in [6.45, 7) is 4.03. The number of carboxylic acid groups (broad SMARTS) is 1. The molecule has 0 fully saturated rings. The third kappa shape index (κ3) is 6.28. The fraction of sp³-hybridized carbons (Fsp3) is 0.333.